The molecule has 1 rings (SSSR count). The van der Waals surface area contributed by atoms with Crippen molar-refractivity contribution in [3.8, 4) is 0 Å². The van der Waals surface area contributed by atoms with E-state index in [1.165, 1.54) is 0 Å². The third-order valence-corrected chi connectivity index (χ3v) is 4.93. The Hall–Kier alpha value is -1.06. The summed E-state index contributed by atoms with van der Waals surface area (Å²) >= 11 is 0. The van der Waals surface area contributed by atoms with E-state index in [1.807, 2.05) is 39.5 Å². The van der Waals surface area contributed by atoms with E-state index < -0.39 is 11.1 Å². The van der Waals surface area contributed by atoms with Crippen molar-refractivity contribution in [3.05, 3.63) is 0 Å². The highest BCUT2D eigenvalue weighted by molar-refractivity contribution is 6.02. The van der Waals surface area contributed by atoms with Crippen molar-refractivity contribution >= 4 is 11.8 Å². The lowest BCUT2D eigenvalue weighted by atomic mass is 9.80. The standard InChI is InChI=1S/C15H28N2O2/c1-7-11(5)17-13(19)15(9-3,10-4)16-12(18)14(17,6)8-2/h11H,7-10H2,1-6H3,(H,16,18). The van der Waals surface area contributed by atoms with E-state index in [-0.39, 0.29) is 17.9 Å². The molecule has 2 unspecified atom stereocenters. The Kier molecular flexibility index (Phi) is 4.64. The first kappa shape index (κ1) is 16.0. The van der Waals surface area contributed by atoms with Crippen molar-refractivity contribution in [3.63, 3.8) is 0 Å². The lowest BCUT2D eigenvalue weighted by Crippen LogP contribution is -2.75. The fraction of sp³-hybridized carbons (Fsp3) is 0.867. The van der Waals surface area contributed by atoms with Crippen molar-refractivity contribution < 1.29 is 9.59 Å². The summed E-state index contributed by atoms with van der Waals surface area (Å²) in [5, 5.41) is 3.00. The van der Waals surface area contributed by atoms with Gasteiger partial charge in [0.05, 0.1) is 0 Å². The molecule has 1 fully saturated rings. The number of nitrogens with zero attached hydrogens (tertiary/aromatic N) is 1. The maximum atomic E-state index is 12.9. The summed E-state index contributed by atoms with van der Waals surface area (Å²) in [4.78, 5) is 27.3. The molecule has 1 heterocycles. The molecule has 1 aliphatic rings. The van der Waals surface area contributed by atoms with E-state index in [0.717, 1.165) is 6.42 Å². The van der Waals surface area contributed by atoms with Gasteiger partial charge in [-0.3, -0.25) is 9.59 Å². The minimum Gasteiger partial charge on any atom is -0.340 e. The normalized spacial score (nSPS) is 28.2. The molecule has 0 saturated carbocycles. The number of amides is 2. The fourth-order valence-electron chi connectivity index (χ4n) is 2.90. The molecule has 0 aliphatic carbocycles. The van der Waals surface area contributed by atoms with E-state index in [0.29, 0.717) is 19.3 Å². The molecule has 110 valence electrons. The molecule has 0 spiro atoms. The fourth-order valence-corrected chi connectivity index (χ4v) is 2.90. The summed E-state index contributed by atoms with van der Waals surface area (Å²) in [7, 11) is 0. The first-order chi connectivity index (χ1) is 8.82. The van der Waals surface area contributed by atoms with Crippen molar-refractivity contribution in [1.29, 1.82) is 0 Å². The number of hydrogen-bond acceptors (Lipinski definition) is 2. The van der Waals surface area contributed by atoms with Crippen LogP contribution in [0.25, 0.3) is 0 Å². The quantitative estimate of drug-likeness (QED) is 0.832. The highest BCUT2D eigenvalue weighted by Crippen LogP contribution is 2.34. The number of carbonyl (C=O) groups excluding carboxylic acids is 2. The van der Waals surface area contributed by atoms with Gasteiger partial charge in [-0.15, -0.1) is 0 Å². The van der Waals surface area contributed by atoms with E-state index in [2.05, 4.69) is 12.2 Å². The Morgan fingerprint density at radius 3 is 2.00 bits per heavy atom. The molecule has 0 aromatic heterocycles. The molecule has 1 N–H and O–H groups in total. The van der Waals surface area contributed by atoms with Crippen molar-refractivity contribution in [2.24, 2.45) is 0 Å². The molecule has 0 aromatic carbocycles. The highest BCUT2D eigenvalue weighted by atomic mass is 16.2. The van der Waals surface area contributed by atoms with Gasteiger partial charge in [-0.25, -0.2) is 0 Å². The number of carbonyl (C=O) groups is 2. The van der Waals surface area contributed by atoms with Crippen LogP contribution in [0.3, 0.4) is 0 Å². The predicted molar refractivity (Wildman–Crippen MR) is 76.8 cm³/mol. The predicted octanol–water partition coefficient (Wildman–Crippen LogP) is 2.47. The van der Waals surface area contributed by atoms with Gasteiger partial charge in [-0.05, 0) is 39.5 Å². The molecular formula is C15H28N2O2. The summed E-state index contributed by atoms with van der Waals surface area (Å²) in [5.74, 6) is 0.0643. The average Bonchev–Trinajstić information content (AvgIpc) is 2.42. The zero-order chi connectivity index (χ0) is 14.8. The molecule has 1 saturated heterocycles. The Bertz CT molecular complexity index is 363. The molecule has 4 nitrogen and oxygen atoms in total. The van der Waals surface area contributed by atoms with Gasteiger partial charge in [-0.2, -0.15) is 0 Å². The van der Waals surface area contributed by atoms with Crippen LogP contribution in [0, 0.1) is 0 Å². The third-order valence-electron chi connectivity index (χ3n) is 4.93. The van der Waals surface area contributed by atoms with Gasteiger partial charge in [0.1, 0.15) is 11.1 Å². The monoisotopic (exact) mass is 268 g/mol. The van der Waals surface area contributed by atoms with E-state index in [4.69, 9.17) is 0 Å². The maximum Gasteiger partial charge on any atom is 0.249 e. The second-order valence-corrected chi connectivity index (χ2v) is 5.80. The maximum absolute atomic E-state index is 12.9. The van der Waals surface area contributed by atoms with Crippen molar-refractivity contribution in [2.45, 2.75) is 84.3 Å². The van der Waals surface area contributed by atoms with Crippen molar-refractivity contribution in [1.82, 2.24) is 10.2 Å². The smallest absolute Gasteiger partial charge is 0.249 e. The lowest BCUT2D eigenvalue weighted by molar-refractivity contribution is -0.166. The van der Waals surface area contributed by atoms with Crippen LogP contribution in [0.2, 0.25) is 0 Å². The SMILES string of the molecule is CCC(C)N1C(=O)C(CC)(CC)NC(=O)C1(C)CC. The second-order valence-electron chi connectivity index (χ2n) is 5.80. The summed E-state index contributed by atoms with van der Waals surface area (Å²) in [6.07, 6.45) is 2.78. The molecule has 1 aliphatic heterocycles. The largest absolute Gasteiger partial charge is 0.340 e. The van der Waals surface area contributed by atoms with Gasteiger partial charge in [0, 0.05) is 6.04 Å². The van der Waals surface area contributed by atoms with Crippen LogP contribution >= 0.6 is 0 Å². The molecule has 0 radical (unpaired) electrons. The van der Waals surface area contributed by atoms with Gasteiger partial charge in [-0.1, -0.05) is 27.7 Å². The second kappa shape index (κ2) is 5.51. The average molecular weight is 268 g/mol. The van der Waals surface area contributed by atoms with Gasteiger partial charge in [0.25, 0.3) is 0 Å². The number of piperazine rings is 1. The van der Waals surface area contributed by atoms with Crippen LogP contribution in [0.5, 0.6) is 0 Å². The molecule has 2 amide bonds. The molecule has 0 bridgehead atoms. The molecule has 4 heteroatoms. The van der Waals surface area contributed by atoms with Crippen LogP contribution in [0.1, 0.15) is 67.2 Å². The molecule has 2 atom stereocenters. The summed E-state index contributed by atoms with van der Waals surface area (Å²) in [6, 6.07) is 0.0842. The molecule has 0 aromatic rings. The first-order valence-corrected chi connectivity index (χ1v) is 7.49. The van der Waals surface area contributed by atoms with E-state index >= 15 is 0 Å². The number of rotatable bonds is 5. The first-order valence-electron chi connectivity index (χ1n) is 7.49. The van der Waals surface area contributed by atoms with Gasteiger partial charge in [0.15, 0.2) is 0 Å². The molecule has 19 heavy (non-hydrogen) atoms. The van der Waals surface area contributed by atoms with Gasteiger partial charge in [0.2, 0.25) is 11.8 Å². The number of nitrogens with one attached hydrogen (secondary N) is 1. The number of hydrogen-bond donors (Lipinski definition) is 1. The van der Waals surface area contributed by atoms with E-state index in [9.17, 15) is 9.59 Å². The van der Waals surface area contributed by atoms with Crippen LogP contribution in [-0.4, -0.2) is 33.8 Å². The zero-order valence-electron chi connectivity index (χ0n) is 13.2. The Balaban J connectivity index is 3.31. The minimum atomic E-state index is -0.722. The van der Waals surface area contributed by atoms with Crippen LogP contribution in [0.15, 0.2) is 0 Å². The zero-order valence-corrected chi connectivity index (χ0v) is 13.2. The Morgan fingerprint density at radius 1 is 1.11 bits per heavy atom. The summed E-state index contributed by atoms with van der Waals surface area (Å²) < 4.78 is 0. The van der Waals surface area contributed by atoms with E-state index in [1.54, 1.807) is 0 Å². The van der Waals surface area contributed by atoms with Crippen LogP contribution in [0.4, 0.5) is 0 Å². The van der Waals surface area contributed by atoms with Crippen LogP contribution in [-0.2, 0) is 9.59 Å². The Morgan fingerprint density at radius 2 is 1.63 bits per heavy atom. The topological polar surface area (TPSA) is 49.4 Å². The lowest BCUT2D eigenvalue weighted by Gasteiger charge is -2.53. The highest BCUT2D eigenvalue weighted by Gasteiger charge is 2.55. The minimum absolute atomic E-state index is 0.0152. The third kappa shape index (κ3) is 2.26. The van der Waals surface area contributed by atoms with Crippen LogP contribution < -0.4 is 5.32 Å². The summed E-state index contributed by atoms with van der Waals surface area (Å²) in [5.41, 5.74) is -1.43. The summed E-state index contributed by atoms with van der Waals surface area (Å²) in [6.45, 7) is 11.9. The van der Waals surface area contributed by atoms with Gasteiger partial charge < -0.3 is 10.2 Å². The van der Waals surface area contributed by atoms with Gasteiger partial charge >= 0.3 is 0 Å². The van der Waals surface area contributed by atoms with Crippen molar-refractivity contribution in [2.75, 3.05) is 0 Å². The Labute approximate surface area is 116 Å². The molecular weight excluding hydrogens is 240 g/mol.